The predicted molar refractivity (Wildman–Crippen MR) is 108 cm³/mol. The van der Waals surface area contributed by atoms with Gasteiger partial charge in [-0.15, -0.1) is 0 Å². The van der Waals surface area contributed by atoms with Crippen molar-refractivity contribution in [2.24, 2.45) is 5.73 Å². The van der Waals surface area contributed by atoms with Crippen molar-refractivity contribution in [3.63, 3.8) is 0 Å². The van der Waals surface area contributed by atoms with Crippen LogP contribution in [0, 0.1) is 0 Å². The molecule has 1 aromatic heterocycles. The number of ketones is 1. The van der Waals surface area contributed by atoms with E-state index in [1.54, 1.807) is 0 Å². The lowest BCUT2D eigenvalue weighted by atomic mass is 10.0. The number of hydrogen-bond donors (Lipinski definition) is 1. The number of ether oxygens (including phenoxy) is 2. The van der Waals surface area contributed by atoms with Crippen LogP contribution in [0.1, 0.15) is 42.2 Å². The van der Waals surface area contributed by atoms with Crippen molar-refractivity contribution >= 4 is 28.6 Å². The van der Waals surface area contributed by atoms with Crippen LogP contribution < -0.4 is 10.5 Å². The Morgan fingerprint density at radius 3 is 2.66 bits per heavy atom. The number of benzene rings is 2. The first-order valence-electron chi connectivity index (χ1n) is 13.4. The maximum Gasteiger partial charge on any atom is 0.343 e. The highest BCUT2D eigenvalue weighted by atomic mass is 16.6. The van der Waals surface area contributed by atoms with Crippen molar-refractivity contribution in [3.8, 4) is 5.75 Å². The summed E-state index contributed by atoms with van der Waals surface area (Å²) in [5.41, 5.74) is 3.91. The molecule has 0 bridgehead atoms. The van der Waals surface area contributed by atoms with E-state index in [4.69, 9.17) is 24.2 Å². The third-order valence-electron chi connectivity index (χ3n) is 4.02. The van der Waals surface area contributed by atoms with Crippen LogP contribution in [0.5, 0.6) is 5.75 Å². The van der Waals surface area contributed by atoms with Crippen molar-refractivity contribution in [1.29, 1.82) is 0 Å². The van der Waals surface area contributed by atoms with E-state index < -0.39 is 79.1 Å². The van der Waals surface area contributed by atoms with Crippen LogP contribution in [-0.4, -0.2) is 35.9 Å². The van der Waals surface area contributed by atoms with Gasteiger partial charge in [0, 0.05) is 12.2 Å². The molecule has 2 aromatic carbocycles. The van der Waals surface area contributed by atoms with E-state index in [1.165, 1.54) is 25.1 Å². The van der Waals surface area contributed by atoms with Crippen LogP contribution in [0.3, 0.4) is 0 Å². The molecule has 7 heteroatoms. The molecule has 0 aliphatic heterocycles. The summed E-state index contributed by atoms with van der Waals surface area (Å²) < 4.78 is 89.8. The molecule has 0 atom stereocenters. The van der Waals surface area contributed by atoms with Crippen molar-refractivity contribution in [2.75, 3.05) is 13.6 Å². The number of rotatable bonds is 8. The topological polar surface area (TPSA) is 101 Å². The summed E-state index contributed by atoms with van der Waals surface area (Å²) >= 11 is 0. The van der Waals surface area contributed by atoms with Gasteiger partial charge in [-0.3, -0.25) is 9.59 Å². The molecule has 0 unspecified atom stereocenters. The molecule has 2 N–H and O–H groups in total. The lowest BCUT2D eigenvalue weighted by molar-refractivity contribution is -0.142. The maximum absolute atomic E-state index is 13.0. The minimum atomic E-state index is -3.04. The van der Waals surface area contributed by atoms with Crippen molar-refractivity contribution in [2.45, 2.75) is 19.8 Å². The first-order valence-corrected chi connectivity index (χ1v) is 8.38. The van der Waals surface area contributed by atoms with Crippen LogP contribution in [0.15, 0.2) is 48.4 Å². The quantitative estimate of drug-likeness (QED) is 0.353. The molecule has 29 heavy (non-hydrogen) atoms. The zero-order valence-corrected chi connectivity index (χ0v) is 15.2. The van der Waals surface area contributed by atoms with Crippen LogP contribution in [0.25, 0.3) is 10.9 Å². The van der Waals surface area contributed by atoms with E-state index in [2.05, 4.69) is 4.74 Å². The van der Waals surface area contributed by atoms with Crippen molar-refractivity contribution in [3.05, 3.63) is 65.2 Å². The second-order valence-corrected chi connectivity index (χ2v) is 5.73. The SMILES string of the molecule is [2H]c1c([2H])c([2H])c(C([2H])([2H])n2c(CC)c(C(=O)C(N)=O)c3c(OCC(=O)OC([2H])([2H])[2H])cccc32)c([2H])c1[2H]. The number of methoxy groups -OCH3 is 1. The molecule has 3 aromatic rings. The van der Waals surface area contributed by atoms with Gasteiger partial charge in [0.25, 0.3) is 11.7 Å². The minimum absolute atomic E-state index is 0.0955. The number of amides is 1. The normalized spacial score (nSPS) is 16.6. The van der Waals surface area contributed by atoms with E-state index in [0.717, 1.165) is 4.57 Å². The summed E-state index contributed by atoms with van der Waals surface area (Å²) in [6.07, 6.45) is -0.0955. The van der Waals surface area contributed by atoms with E-state index >= 15 is 0 Å². The second-order valence-electron chi connectivity index (χ2n) is 5.73. The van der Waals surface area contributed by atoms with Crippen LogP contribution >= 0.6 is 0 Å². The smallest absolute Gasteiger partial charge is 0.343 e. The number of nitrogens with zero attached hydrogens (tertiary/aromatic N) is 1. The Labute approximate surface area is 182 Å². The van der Waals surface area contributed by atoms with E-state index in [-0.39, 0.29) is 28.8 Å². The number of carbonyl (C=O) groups is 3. The number of hydrogen-bond acceptors (Lipinski definition) is 5. The molecule has 0 aliphatic carbocycles. The highest BCUT2D eigenvalue weighted by molar-refractivity contribution is 6.45. The number of nitrogens with two attached hydrogens (primary N) is 1. The largest absolute Gasteiger partial charge is 0.481 e. The van der Waals surface area contributed by atoms with E-state index in [9.17, 15) is 14.4 Å². The second kappa shape index (κ2) is 8.60. The maximum atomic E-state index is 13.0. The minimum Gasteiger partial charge on any atom is -0.481 e. The van der Waals surface area contributed by atoms with Gasteiger partial charge in [-0.25, -0.2) is 4.79 Å². The fourth-order valence-corrected chi connectivity index (χ4v) is 2.89. The highest BCUT2D eigenvalue weighted by Gasteiger charge is 2.27. The average Bonchev–Trinajstić information content (AvgIpc) is 3.19. The van der Waals surface area contributed by atoms with Gasteiger partial charge in [-0.1, -0.05) is 43.2 Å². The summed E-state index contributed by atoms with van der Waals surface area (Å²) in [6.45, 7) is -2.29. The Kier molecular flexibility index (Phi) is 3.20. The molecule has 0 saturated heterocycles. The van der Waals surface area contributed by atoms with Gasteiger partial charge < -0.3 is 19.8 Å². The molecular weight excluding hydrogens is 372 g/mol. The fraction of sp³-hybridized carbons (Fsp3) is 0.227. The van der Waals surface area contributed by atoms with E-state index in [0.29, 0.717) is 0 Å². The number of primary amides is 1. The third-order valence-corrected chi connectivity index (χ3v) is 4.02. The molecule has 7 nitrogen and oxygen atoms in total. The number of carbonyl (C=O) groups excluding carboxylic acids is 3. The highest BCUT2D eigenvalue weighted by Crippen LogP contribution is 2.35. The lowest BCUT2D eigenvalue weighted by Gasteiger charge is -2.11. The average molecular weight is 404 g/mol. The zero-order valence-electron chi connectivity index (χ0n) is 25.2. The molecule has 3 rings (SSSR count). The number of fused-ring (bicyclic) bond motifs is 1. The van der Waals surface area contributed by atoms with Gasteiger partial charge in [-0.05, 0) is 24.1 Å². The summed E-state index contributed by atoms with van der Waals surface area (Å²) in [7, 11) is -3.04. The van der Waals surface area contributed by atoms with Gasteiger partial charge in [-0.2, -0.15) is 0 Å². The van der Waals surface area contributed by atoms with Crippen LogP contribution in [0.2, 0.25) is 0 Å². The molecule has 0 radical (unpaired) electrons. The Balaban J connectivity index is 2.38. The Bertz CT molecular complexity index is 1480. The molecule has 0 saturated carbocycles. The number of esters is 1. The van der Waals surface area contributed by atoms with Gasteiger partial charge in [0.1, 0.15) is 5.75 Å². The number of Topliss-reactive ketones (excluding diaryl/α,β-unsaturated/α-hetero) is 1. The first-order chi connectivity index (χ1) is 18.0. The Morgan fingerprint density at radius 1 is 1.24 bits per heavy atom. The molecule has 0 spiro atoms. The summed E-state index contributed by atoms with van der Waals surface area (Å²) in [5, 5.41) is -0.170. The molecule has 1 heterocycles. The van der Waals surface area contributed by atoms with Crippen LogP contribution in [0.4, 0.5) is 0 Å². The third kappa shape index (κ3) is 3.99. The molecule has 150 valence electrons. The summed E-state index contributed by atoms with van der Waals surface area (Å²) in [4.78, 5) is 36.9. The van der Waals surface area contributed by atoms with Gasteiger partial charge in [0.05, 0.1) is 37.2 Å². The lowest BCUT2D eigenvalue weighted by Crippen LogP contribution is -2.24. The van der Waals surface area contributed by atoms with Gasteiger partial charge in [0.2, 0.25) is 0 Å². The molecule has 0 fully saturated rings. The summed E-state index contributed by atoms with van der Waals surface area (Å²) in [5.74, 6) is -4.15. The zero-order chi connectivity index (χ0) is 29.6. The standard InChI is InChI=1S/C22H22N2O5/c1-3-15-20(21(26)22(23)27)19-16(24(15)12-14-8-5-4-6-9-14)10-7-11-17(19)29-13-18(25)28-2/h4-11H,3,12-13H2,1-2H3,(H2,23,27)/i2D3,4D,5D,6D,8D,9D,12D2. The Morgan fingerprint density at radius 2 is 2.00 bits per heavy atom. The van der Waals surface area contributed by atoms with Gasteiger partial charge in [0.15, 0.2) is 6.61 Å². The van der Waals surface area contributed by atoms with Crippen LogP contribution in [-0.2, 0) is 27.2 Å². The monoisotopic (exact) mass is 404 g/mol. The molecule has 0 aliphatic rings. The fourth-order valence-electron chi connectivity index (χ4n) is 2.89. The molecular formula is C22H22N2O5. The van der Waals surface area contributed by atoms with Gasteiger partial charge >= 0.3 is 5.97 Å². The molecule has 1 amide bonds. The predicted octanol–water partition coefficient (Wildman–Crippen LogP) is 2.47. The van der Waals surface area contributed by atoms with Crippen molar-refractivity contribution in [1.82, 2.24) is 4.57 Å². The summed E-state index contributed by atoms with van der Waals surface area (Å²) in [6, 6.07) is -0.000116. The van der Waals surface area contributed by atoms with Crippen molar-refractivity contribution < 1.29 is 37.6 Å². The van der Waals surface area contributed by atoms with E-state index in [1.807, 2.05) is 0 Å². The first kappa shape index (κ1) is 10.8. The Hall–Kier alpha value is -3.61. The number of aromatic nitrogens is 1.